The fourth-order valence-corrected chi connectivity index (χ4v) is 2.49. The molecule has 0 bridgehead atoms. The van der Waals surface area contributed by atoms with Crippen LogP contribution in [0.3, 0.4) is 0 Å². The summed E-state index contributed by atoms with van der Waals surface area (Å²) in [6.45, 7) is 11.7. The highest BCUT2D eigenvalue weighted by Crippen LogP contribution is 2.38. The van der Waals surface area contributed by atoms with Crippen LogP contribution < -0.4 is 15.0 Å². The number of ether oxygens (including phenoxy) is 1. The van der Waals surface area contributed by atoms with Crippen molar-refractivity contribution in [2.24, 2.45) is 5.41 Å². The van der Waals surface area contributed by atoms with E-state index < -0.39 is 5.41 Å². The second kappa shape index (κ2) is 7.34. The first-order valence-corrected chi connectivity index (χ1v) is 7.99. The van der Waals surface area contributed by atoms with Crippen LogP contribution in [-0.2, 0) is 9.59 Å². The normalized spacial score (nSPS) is 15.8. The zero-order valence-corrected chi connectivity index (χ0v) is 14.3. The molecule has 1 aromatic rings. The van der Waals surface area contributed by atoms with Crippen LogP contribution in [0.1, 0.15) is 26.7 Å². The van der Waals surface area contributed by atoms with Crippen molar-refractivity contribution < 1.29 is 14.3 Å². The Balaban J connectivity index is 2.33. The van der Waals surface area contributed by atoms with Gasteiger partial charge >= 0.3 is 0 Å². The van der Waals surface area contributed by atoms with Gasteiger partial charge in [-0.1, -0.05) is 12.2 Å². The highest BCUT2D eigenvalue weighted by Gasteiger charge is 2.37. The van der Waals surface area contributed by atoms with Gasteiger partial charge in [-0.3, -0.25) is 9.59 Å². The highest BCUT2D eigenvalue weighted by atomic mass is 16.5. The van der Waals surface area contributed by atoms with Gasteiger partial charge in [0.1, 0.15) is 12.4 Å². The number of nitrogens with zero attached hydrogens (tertiary/aromatic N) is 1. The Kier molecular flexibility index (Phi) is 5.44. The summed E-state index contributed by atoms with van der Waals surface area (Å²) in [4.78, 5) is 26.3. The van der Waals surface area contributed by atoms with E-state index in [1.807, 2.05) is 13.8 Å². The minimum Gasteiger partial charge on any atom is -0.490 e. The fraction of sp³-hybridized carbons (Fsp3) is 0.368. The molecule has 2 amide bonds. The fourth-order valence-electron chi connectivity index (χ4n) is 2.49. The van der Waals surface area contributed by atoms with Crippen molar-refractivity contribution in [3.63, 3.8) is 0 Å². The summed E-state index contributed by atoms with van der Waals surface area (Å²) in [6, 6.07) is 5.33. The summed E-state index contributed by atoms with van der Waals surface area (Å²) in [5, 5.41) is 2.84. The average molecular weight is 328 g/mol. The SMILES string of the molecule is C=CCCC(=O)Nc1ccc2c(c1)N(CC=C)C(=O)C(C)(C)CO2. The lowest BCUT2D eigenvalue weighted by Gasteiger charge is -2.27. The molecule has 0 radical (unpaired) electrons. The summed E-state index contributed by atoms with van der Waals surface area (Å²) < 4.78 is 5.81. The molecule has 0 atom stereocenters. The number of amides is 2. The van der Waals surface area contributed by atoms with Crippen molar-refractivity contribution in [3.05, 3.63) is 43.5 Å². The molecule has 1 N–H and O–H groups in total. The Morgan fingerprint density at radius 3 is 2.79 bits per heavy atom. The van der Waals surface area contributed by atoms with E-state index in [1.54, 1.807) is 35.3 Å². The highest BCUT2D eigenvalue weighted by molar-refractivity contribution is 6.00. The number of hydrogen-bond acceptors (Lipinski definition) is 3. The lowest BCUT2D eigenvalue weighted by atomic mass is 9.93. The van der Waals surface area contributed by atoms with E-state index in [-0.39, 0.29) is 11.8 Å². The van der Waals surface area contributed by atoms with E-state index in [4.69, 9.17) is 4.74 Å². The molecule has 1 heterocycles. The van der Waals surface area contributed by atoms with Gasteiger partial charge in [-0.25, -0.2) is 0 Å². The van der Waals surface area contributed by atoms with Crippen molar-refractivity contribution in [2.75, 3.05) is 23.4 Å². The summed E-state index contributed by atoms with van der Waals surface area (Å²) in [6.07, 6.45) is 4.38. The van der Waals surface area contributed by atoms with Gasteiger partial charge < -0.3 is 15.0 Å². The maximum Gasteiger partial charge on any atom is 0.236 e. The van der Waals surface area contributed by atoms with Crippen LogP contribution in [0.2, 0.25) is 0 Å². The third-order valence-corrected chi connectivity index (χ3v) is 3.83. The number of anilines is 2. The van der Waals surface area contributed by atoms with Gasteiger partial charge in [0.2, 0.25) is 11.8 Å². The molecule has 5 heteroatoms. The van der Waals surface area contributed by atoms with Crippen molar-refractivity contribution in [3.8, 4) is 5.75 Å². The minimum absolute atomic E-state index is 0.0312. The van der Waals surface area contributed by atoms with Crippen molar-refractivity contribution in [1.82, 2.24) is 0 Å². The first-order chi connectivity index (χ1) is 11.4. The number of fused-ring (bicyclic) bond motifs is 1. The second-order valence-electron chi connectivity index (χ2n) is 6.44. The van der Waals surface area contributed by atoms with E-state index >= 15 is 0 Å². The number of carbonyl (C=O) groups is 2. The largest absolute Gasteiger partial charge is 0.490 e. The van der Waals surface area contributed by atoms with Gasteiger partial charge in [-0.05, 0) is 38.5 Å². The monoisotopic (exact) mass is 328 g/mol. The molecule has 0 spiro atoms. The number of benzene rings is 1. The van der Waals surface area contributed by atoms with Crippen LogP contribution in [0.15, 0.2) is 43.5 Å². The zero-order chi connectivity index (χ0) is 17.7. The van der Waals surface area contributed by atoms with Gasteiger partial charge in [-0.2, -0.15) is 0 Å². The summed E-state index contributed by atoms with van der Waals surface area (Å²) in [5.41, 5.74) is 0.648. The molecule has 1 aromatic carbocycles. The number of nitrogens with one attached hydrogen (secondary N) is 1. The van der Waals surface area contributed by atoms with Crippen LogP contribution >= 0.6 is 0 Å². The maximum atomic E-state index is 12.8. The van der Waals surface area contributed by atoms with Gasteiger partial charge in [0, 0.05) is 18.7 Å². The molecular weight excluding hydrogens is 304 g/mol. The van der Waals surface area contributed by atoms with Crippen molar-refractivity contribution in [1.29, 1.82) is 0 Å². The number of rotatable bonds is 6. The molecule has 0 saturated carbocycles. The Labute approximate surface area is 143 Å². The molecule has 1 aliphatic rings. The number of allylic oxidation sites excluding steroid dienone is 1. The standard InChI is InChI=1S/C19H24N2O3/c1-5-7-8-17(22)20-14-9-10-16-15(12-14)21(11-6-2)18(23)19(3,4)13-24-16/h5-6,9-10,12H,1-2,7-8,11,13H2,3-4H3,(H,20,22). The predicted molar refractivity (Wildman–Crippen MR) is 96.3 cm³/mol. The van der Waals surface area contributed by atoms with E-state index in [1.165, 1.54) is 0 Å². The topological polar surface area (TPSA) is 58.6 Å². The van der Waals surface area contributed by atoms with Crippen LogP contribution in [0.4, 0.5) is 11.4 Å². The van der Waals surface area contributed by atoms with Crippen LogP contribution in [-0.4, -0.2) is 25.0 Å². The van der Waals surface area contributed by atoms with Crippen LogP contribution in [0.5, 0.6) is 5.75 Å². The van der Waals surface area contributed by atoms with E-state index in [2.05, 4.69) is 18.5 Å². The van der Waals surface area contributed by atoms with Gasteiger partial charge in [0.15, 0.2) is 0 Å². The van der Waals surface area contributed by atoms with Crippen molar-refractivity contribution >= 4 is 23.2 Å². The molecule has 1 aliphatic heterocycles. The molecule has 5 nitrogen and oxygen atoms in total. The van der Waals surface area contributed by atoms with Crippen LogP contribution in [0, 0.1) is 5.41 Å². The van der Waals surface area contributed by atoms with Gasteiger partial charge in [-0.15, -0.1) is 13.2 Å². The van der Waals surface area contributed by atoms with Crippen LogP contribution in [0.25, 0.3) is 0 Å². The van der Waals surface area contributed by atoms with Gasteiger partial charge in [0.25, 0.3) is 0 Å². The van der Waals surface area contributed by atoms with E-state index in [9.17, 15) is 9.59 Å². The Morgan fingerprint density at radius 1 is 1.38 bits per heavy atom. The molecule has 0 fully saturated rings. The third-order valence-electron chi connectivity index (χ3n) is 3.83. The first kappa shape index (κ1) is 17.8. The Bertz CT molecular complexity index is 665. The number of carbonyl (C=O) groups excluding carboxylic acids is 2. The smallest absolute Gasteiger partial charge is 0.236 e. The maximum absolute atomic E-state index is 12.8. The van der Waals surface area contributed by atoms with Gasteiger partial charge in [0.05, 0.1) is 11.1 Å². The Morgan fingerprint density at radius 2 is 2.12 bits per heavy atom. The summed E-state index contributed by atoms with van der Waals surface area (Å²) in [5.74, 6) is 0.502. The lowest BCUT2D eigenvalue weighted by molar-refractivity contribution is -0.127. The molecule has 0 unspecified atom stereocenters. The molecule has 128 valence electrons. The quantitative estimate of drug-likeness (QED) is 0.813. The molecule has 0 saturated heterocycles. The first-order valence-electron chi connectivity index (χ1n) is 7.99. The molecule has 0 aromatic heterocycles. The van der Waals surface area contributed by atoms with Crippen molar-refractivity contribution in [2.45, 2.75) is 26.7 Å². The molecular formula is C19H24N2O3. The summed E-state index contributed by atoms with van der Waals surface area (Å²) in [7, 11) is 0. The summed E-state index contributed by atoms with van der Waals surface area (Å²) >= 11 is 0. The number of hydrogen-bond donors (Lipinski definition) is 1. The molecule has 2 rings (SSSR count). The Hall–Kier alpha value is -2.56. The molecule has 24 heavy (non-hydrogen) atoms. The predicted octanol–water partition coefficient (Wildman–Crippen LogP) is 3.53. The molecule has 0 aliphatic carbocycles. The minimum atomic E-state index is -0.630. The third kappa shape index (κ3) is 3.85. The van der Waals surface area contributed by atoms with E-state index in [0.29, 0.717) is 43.1 Å². The van der Waals surface area contributed by atoms with E-state index in [0.717, 1.165) is 0 Å². The second-order valence-corrected chi connectivity index (χ2v) is 6.44. The zero-order valence-electron chi connectivity index (χ0n) is 14.3. The average Bonchev–Trinajstić information content (AvgIpc) is 2.64. The lowest BCUT2D eigenvalue weighted by Crippen LogP contribution is -2.42.